The third-order valence-electron chi connectivity index (χ3n) is 3.88. The first-order chi connectivity index (χ1) is 8.00. The second-order valence-corrected chi connectivity index (χ2v) is 5.92. The minimum atomic E-state index is -0.105. The molecule has 17 heavy (non-hydrogen) atoms. The molecule has 1 fully saturated rings. The van der Waals surface area contributed by atoms with Gasteiger partial charge in [-0.05, 0) is 37.8 Å². The van der Waals surface area contributed by atoms with Gasteiger partial charge < -0.3 is 15.6 Å². The molecule has 2 atom stereocenters. The Bertz CT molecular complexity index is 221. The molecule has 0 aromatic rings. The van der Waals surface area contributed by atoms with E-state index in [1.807, 2.05) is 0 Å². The fourth-order valence-corrected chi connectivity index (χ4v) is 2.60. The zero-order valence-corrected chi connectivity index (χ0v) is 11.5. The molecular weight excluding hydrogens is 216 g/mol. The highest BCUT2D eigenvalue weighted by Gasteiger charge is 2.29. The Kier molecular flexibility index (Phi) is 5.86. The first kappa shape index (κ1) is 14.9. The van der Waals surface area contributed by atoms with Gasteiger partial charge in [0.25, 0.3) is 0 Å². The van der Waals surface area contributed by atoms with Gasteiger partial charge in [-0.15, -0.1) is 0 Å². The zero-order valence-electron chi connectivity index (χ0n) is 11.5. The maximum Gasteiger partial charge on any atom is 0.0629 e. The lowest BCUT2D eigenvalue weighted by atomic mass is 9.85. The molecule has 0 spiro atoms. The molecule has 1 aliphatic rings. The molecule has 4 heteroatoms. The minimum Gasteiger partial charge on any atom is -0.395 e. The number of rotatable bonds is 5. The summed E-state index contributed by atoms with van der Waals surface area (Å²) in [6, 6.07) is -0.0740. The molecule has 1 aliphatic heterocycles. The average molecular weight is 244 g/mol. The Morgan fingerprint density at radius 2 is 2.06 bits per heavy atom. The van der Waals surface area contributed by atoms with Crippen LogP contribution in [0.4, 0.5) is 0 Å². The highest BCUT2D eigenvalue weighted by Crippen LogP contribution is 2.30. The molecule has 0 bridgehead atoms. The van der Waals surface area contributed by atoms with E-state index in [2.05, 4.69) is 18.7 Å². The second-order valence-electron chi connectivity index (χ2n) is 5.92. The number of aliphatic hydroxyl groups is 1. The van der Waals surface area contributed by atoms with Crippen LogP contribution < -0.4 is 5.73 Å². The molecule has 0 aromatic heterocycles. The standard InChI is InChI=1S/C13H28N2O2/c1-13(2)5-4-7-15(8-6-13)12(9-16)11(14)10-17-3/h11-12,16H,4-10,14H2,1-3H3. The molecule has 3 N–H and O–H groups in total. The maximum absolute atomic E-state index is 9.52. The summed E-state index contributed by atoms with van der Waals surface area (Å²) in [6.45, 7) is 7.32. The number of nitrogens with zero attached hydrogens (tertiary/aromatic N) is 1. The van der Waals surface area contributed by atoms with Crippen LogP contribution in [0, 0.1) is 5.41 Å². The summed E-state index contributed by atoms with van der Waals surface area (Å²) in [4.78, 5) is 2.33. The van der Waals surface area contributed by atoms with Gasteiger partial charge in [-0.2, -0.15) is 0 Å². The molecule has 0 saturated carbocycles. The Morgan fingerprint density at radius 3 is 2.65 bits per heavy atom. The monoisotopic (exact) mass is 244 g/mol. The summed E-state index contributed by atoms with van der Waals surface area (Å²) in [5, 5.41) is 9.52. The van der Waals surface area contributed by atoms with E-state index in [9.17, 15) is 5.11 Å². The fraction of sp³-hybridized carbons (Fsp3) is 1.00. The van der Waals surface area contributed by atoms with Crippen molar-refractivity contribution in [1.82, 2.24) is 4.90 Å². The Morgan fingerprint density at radius 1 is 1.35 bits per heavy atom. The molecule has 2 unspecified atom stereocenters. The summed E-state index contributed by atoms with van der Waals surface area (Å²) in [7, 11) is 1.65. The van der Waals surface area contributed by atoms with Crippen LogP contribution in [0.5, 0.6) is 0 Å². The van der Waals surface area contributed by atoms with Gasteiger partial charge in [-0.1, -0.05) is 13.8 Å². The second kappa shape index (κ2) is 6.69. The van der Waals surface area contributed by atoms with Crippen LogP contribution in [-0.4, -0.2) is 55.5 Å². The Hall–Kier alpha value is -0.160. The minimum absolute atomic E-state index is 0.0313. The lowest BCUT2D eigenvalue weighted by Gasteiger charge is -2.33. The van der Waals surface area contributed by atoms with Crippen LogP contribution in [0.25, 0.3) is 0 Å². The van der Waals surface area contributed by atoms with E-state index in [4.69, 9.17) is 10.5 Å². The summed E-state index contributed by atoms with van der Waals surface area (Å²) >= 11 is 0. The predicted molar refractivity (Wildman–Crippen MR) is 69.9 cm³/mol. The molecule has 1 saturated heterocycles. The van der Waals surface area contributed by atoms with E-state index in [0.717, 1.165) is 13.1 Å². The van der Waals surface area contributed by atoms with Crippen molar-refractivity contribution in [3.63, 3.8) is 0 Å². The zero-order chi connectivity index (χ0) is 12.9. The van der Waals surface area contributed by atoms with Crippen molar-refractivity contribution in [2.75, 3.05) is 33.4 Å². The van der Waals surface area contributed by atoms with Gasteiger partial charge in [0.05, 0.1) is 19.3 Å². The SMILES string of the molecule is COCC(N)C(CO)N1CCCC(C)(C)CC1. The van der Waals surface area contributed by atoms with Crippen LogP contribution in [0.1, 0.15) is 33.1 Å². The van der Waals surface area contributed by atoms with Crippen molar-refractivity contribution in [3.05, 3.63) is 0 Å². The molecule has 0 aromatic carbocycles. The van der Waals surface area contributed by atoms with E-state index < -0.39 is 0 Å². The molecule has 1 heterocycles. The van der Waals surface area contributed by atoms with Gasteiger partial charge in [0.15, 0.2) is 0 Å². The third kappa shape index (κ3) is 4.54. The molecule has 1 rings (SSSR count). The predicted octanol–water partition coefficient (Wildman–Crippen LogP) is 0.833. The van der Waals surface area contributed by atoms with E-state index in [-0.39, 0.29) is 18.7 Å². The lowest BCUT2D eigenvalue weighted by molar-refractivity contribution is 0.0707. The normalized spacial score (nSPS) is 25.2. The van der Waals surface area contributed by atoms with Crippen LogP contribution in [0.15, 0.2) is 0 Å². The molecule has 4 nitrogen and oxygen atoms in total. The average Bonchev–Trinajstić information content (AvgIpc) is 2.42. The van der Waals surface area contributed by atoms with E-state index >= 15 is 0 Å². The Labute approximate surface area is 105 Å². The lowest BCUT2D eigenvalue weighted by Crippen LogP contribution is -2.52. The van der Waals surface area contributed by atoms with Crippen molar-refractivity contribution in [2.45, 2.75) is 45.2 Å². The molecule has 0 aliphatic carbocycles. The topological polar surface area (TPSA) is 58.7 Å². The van der Waals surface area contributed by atoms with Gasteiger partial charge in [0, 0.05) is 13.2 Å². The number of ether oxygens (including phenoxy) is 1. The smallest absolute Gasteiger partial charge is 0.0629 e. The highest BCUT2D eigenvalue weighted by atomic mass is 16.5. The van der Waals surface area contributed by atoms with E-state index in [0.29, 0.717) is 12.0 Å². The number of hydrogen-bond acceptors (Lipinski definition) is 4. The summed E-state index contributed by atoms with van der Waals surface area (Å²) in [5.41, 5.74) is 6.48. The quantitative estimate of drug-likeness (QED) is 0.752. The van der Waals surface area contributed by atoms with Gasteiger partial charge in [0.1, 0.15) is 0 Å². The highest BCUT2D eigenvalue weighted by molar-refractivity contribution is 4.85. The van der Waals surface area contributed by atoms with E-state index in [1.54, 1.807) is 7.11 Å². The van der Waals surface area contributed by atoms with Crippen molar-refractivity contribution >= 4 is 0 Å². The summed E-state index contributed by atoms with van der Waals surface area (Å²) in [6.07, 6.45) is 3.60. The maximum atomic E-state index is 9.52. The van der Waals surface area contributed by atoms with Crippen LogP contribution >= 0.6 is 0 Å². The number of methoxy groups -OCH3 is 1. The molecule has 0 radical (unpaired) electrons. The van der Waals surface area contributed by atoms with Crippen LogP contribution in [0.3, 0.4) is 0 Å². The van der Waals surface area contributed by atoms with Gasteiger partial charge >= 0.3 is 0 Å². The van der Waals surface area contributed by atoms with Crippen molar-refractivity contribution < 1.29 is 9.84 Å². The van der Waals surface area contributed by atoms with Crippen LogP contribution in [-0.2, 0) is 4.74 Å². The van der Waals surface area contributed by atoms with Crippen molar-refractivity contribution in [1.29, 1.82) is 0 Å². The first-order valence-corrected chi connectivity index (χ1v) is 6.59. The largest absolute Gasteiger partial charge is 0.395 e. The van der Waals surface area contributed by atoms with Crippen LogP contribution in [0.2, 0.25) is 0 Å². The third-order valence-corrected chi connectivity index (χ3v) is 3.88. The van der Waals surface area contributed by atoms with E-state index in [1.165, 1.54) is 19.3 Å². The summed E-state index contributed by atoms with van der Waals surface area (Å²) in [5.74, 6) is 0. The van der Waals surface area contributed by atoms with Crippen molar-refractivity contribution in [2.24, 2.45) is 11.1 Å². The molecule has 102 valence electrons. The Balaban J connectivity index is 2.57. The first-order valence-electron chi connectivity index (χ1n) is 6.59. The van der Waals surface area contributed by atoms with Gasteiger partial charge in [-0.3, -0.25) is 4.90 Å². The number of aliphatic hydroxyl groups excluding tert-OH is 1. The van der Waals surface area contributed by atoms with Crippen molar-refractivity contribution in [3.8, 4) is 0 Å². The number of likely N-dealkylation sites (tertiary alicyclic amines) is 1. The molecular formula is C13H28N2O2. The number of hydrogen-bond donors (Lipinski definition) is 2. The number of nitrogens with two attached hydrogens (primary N) is 1. The van der Waals surface area contributed by atoms with Gasteiger partial charge in [-0.25, -0.2) is 0 Å². The summed E-state index contributed by atoms with van der Waals surface area (Å²) < 4.78 is 5.09. The molecule has 0 amide bonds. The van der Waals surface area contributed by atoms with Gasteiger partial charge in [0.2, 0.25) is 0 Å². The fourth-order valence-electron chi connectivity index (χ4n) is 2.60.